The molecule has 2 aromatic carbocycles. The molecule has 0 aliphatic rings. The molecule has 0 saturated carbocycles. The van der Waals surface area contributed by atoms with Crippen LogP contribution in [0, 0.1) is 0 Å². The van der Waals surface area contributed by atoms with E-state index in [0.29, 0.717) is 11.7 Å². The summed E-state index contributed by atoms with van der Waals surface area (Å²) in [6, 6.07) is 14.6. The summed E-state index contributed by atoms with van der Waals surface area (Å²) in [5, 5.41) is 6.50. The molecule has 0 saturated heterocycles. The molecule has 0 radical (unpaired) electrons. The first-order chi connectivity index (χ1) is 9.25. The number of benzene rings is 2. The fourth-order valence-corrected chi connectivity index (χ4v) is 2.29. The number of aromatic nitrogens is 2. The first kappa shape index (κ1) is 12.1. The van der Waals surface area contributed by atoms with Crippen molar-refractivity contribution in [3.8, 4) is 0 Å². The van der Waals surface area contributed by atoms with E-state index in [1.54, 1.807) is 6.20 Å². The Hall–Kier alpha value is -2.00. The van der Waals surface area contributed by atoms with Crippen LogP contribution in [-0.2, 0) is 13.6 Å². The lowest BCUT2D eigenvalue weighted by Crippen LogP contribution is -2.06. The highest BCUT2D eigenvalue weighted by Gasteiger charge is 2.05. The van der Waals surface area contributed by atoms with Crippen LogP contribution < -0.4 is 5.32 Å². The highest BCUT2D eigenvalue weighted by Crippen LogP contribution is 2.23. The third kappa shape index (κ3) is 2.29. The molecular formula is C15H14ClN3. The number of anilines is 1. The van der Waals surface area contributed by atoms with Crippen molar-refractivity contribution in [1.82, 2.24) is 9.55 Å². The average Bonchev–Trinajstić information content (AvgIpc) is 2.76. The van der Waals surface area contributed by atoms with Crippen LogP contribution in [-0.4, -0.2) is 9.55 Å². The monoisotopic (exact) mass is 271 g/mol. The van der Waals surface area contributed by atoms with Crippen molar-refractivity contribution >= 4 is 28.1 Å². The maximum atomic E-state index is 5.98. The van der Waals surface area contributed by atoms with Crippen LogP contribution in [0.25, 0.3) is 10.8 Å². The third-order valence-corrected chi connectivity index (χ3v) is 3.61. The van der Waals surface area contributed by atoms with Crippen LogP contribution in [0.3, 0.4) is 0 Å². The van der Waals surface area contributed by atoms with E-state index in [0.717, 1.165) is 11.5 Å². The number of hydrogen-bond donors (Lipinski definition) is 1. The van der Waals surface area contributed by atoms with Crippen LogP contribution in [0.4, 0.5) is 5.69 Å². The number of nitrogens with one attached hydrogen (secondary N) is 1. The number of hydrogen-bond acceptors (Lipinski definition) is 2. The van der Waals surface area contributed by atoms with Crippen LogP contribution in [0.2, 0.25) is 5.15 Å². The minimum Gasteiger partial charge on any atom is -0.377 e. The summed E-state index contributed by atoms with van der Waals surface area (Å²) >= 11 is 5.98. The fourth-order valence-electron chi connectivity index (χ4n) is 2.14. The molecule has 0 spiro atoms. The van der Waals surface area contributed by atoms with Gasteiger partial charge in [-0.25, -0.2) is 4.98 Å². The molecule has 1 aromatic heterocycles. The summed E-state index contributed by atoms with van der Waals surface area (Å²) in [4.78, 5) is 4.28. The Morgan fingerprint density at radius 3 is 2.74 bits per heavy atom. The van der Waals surface area contributed by atoms with E-state index >= 15 is 0 Å². The van der Waals surface area contributed by atoms with Crippen molar-refractivity contribution in [3.63, 3.8) is 0 Å². The smallest absolute Gasteiger partial charge is 0.128 e. The van der Waals surface area contributed by atoms with Gasteiger partial charge in [0.15, 0.2) is 0 Å². The van der Waals surface area contributed by atoms with Crippen molar-refractivity contribution in [2.75, 3.05) is 5.32 Å². The Morgan fingerprint density at radius 2 is 1.95 bits per heavy atom. The molecule has 19 heavy (non-hydrogen) atoms. The summed E-state index contributed by atoms with van der Waals surface area (Å²) in [5.41, 5.74) is 1.11. The van der Waals surface area contributed by atoms with Gasteiger partial charge in [-0.05, 0) is 11.5 Å². The van der Waals surface area contributed by atoms with Gasteiger partial charge in [0.1, 0.15) is 11.0 Å². The first-order valence-corrected chi connectivity index (χ1v) is 6.51. The zero-order valence-corrected chi connectivity index (χ0v) is 11.4. The second kappa shape index (κ2) is 4.94. The average molecular weight is 272 g/mol. The molecule has 4 heteroatoms. The van der Waals surface area contributed by atoms with Gasteiger partial charge in [0.25, 0.3) is 0 Å². The molecule has 0 unspecified atom stereocenters. The van der Waals surface area contributed by atoms with Gasteiger partial charge in [-0.1, -0.05) is 48.0 Å². The summed E-state index contributed by atoms with van der Waals surface area (Å²) in [5.74, 6) is 0.915. The summed E-state index contributed by atoms with van der Waals surface area (Å²) in [7, 11) is 1.91. The molecule has 1 N–H and O–H groups in total. The largest absolute Gasteiger partial charge is 0.377 e. The molecule has 0 atom stereocenters. The Kier molecular flexibility index (Phi) is 3.13. The maximum absolute atomic E-state index is 5.98. The minimum absolute atomic E-state index is 0.648. The first-order valence-electron chi connectivity index (χ1n) is 6.13. The summed E-state index contributed by atoms with van der Waals surface area (Å²) in [6.07, 6.45) is 1.67. The maximum Gasteiger partial charge on any atom is 0.128 e. The van der Waals surface area contributed by atoms with Crippen LogP contribution in [0.15, 0.2) is 48.7 Å². The lowest BCUT2D eigenvalue weighted by atomic mass is 10.1. The molecular weight excluding hydrogens is 258 g/mol. The van der Waals surface area contributed by atoms with Crippen molar-refractivity contribution in [2.45, 2.75) is 6.54 Å². The van der Waals surface area contributed by atoms with Gasteiger partial charge in [0.05, 0.1) is 12.7 Å². The van der Waals surface area contributed by atoms with E-state index in [-0.39, 0.29) is 0 Å². The van der Waals surface area contributed by atoms with Gasteiger partial charge in [-0.15, -0.1) is 0 Å². The molecule has 3 nitrogen and oxygen atoms in total. The Labute approximate surface area is 116 Å². The van der Waals surface area contributed by atoms with Gasteiger partial charge in [-0.3, -0.25) is 0 Å². The number of nitrogens with zero attached hydrogens (tertiary/aromatic N) is 2. The topological polar surface area (TPSA) is 29.9 Å². The SMILES string of the molecule is Cn1c(Cl)cnc1CNc1cccc2ccccc12. The Bertz CT molecular complexity index is 713. The summed E-state index contributed by atoms with van der Waals surface area (Å²) < 4.78 is 1.87. The van der Waals surface area contributed by atoms with Crippen molar-refractivity contribution in [1.29, 1.82) is 0 Å². The van der Waals surface area contributed by atoms with E-state index in [4.69, 9.17) is 11.6 Å². The van der Waals surface area contributed by atoms with Gasteiger partial charge < -0.3 is 9.88 Å². The zero-order chi connectivity index (χ0) is 13.2. The van der Waals surface area contributed by atoms with Gasteiger partial charge in [0, 0.05) is 18.1 Å². The number of halogens is 1. The van der Waals surface area contributed by atoms with Crippen LogP contribution in [0.5, 0.6) is 0 Å². The van der Waals surface area contributed by atoms with Gasteiger partial charge >= 0.3 is 0 Å². The van der Waals surface area contributed by atoms with Crippen molar-refractivity contribution < 1.29 is 0 Å². The second-order valence-electron chi connectivity index (χ2n) is 4.44. The summed E-state index contributed by atoms with van der Waals surface area (Å²) in [6.45, 7) is 0.650. The van der Waals surface area contributed by atoms with E-state index in [1.165, 1.54) is 10.8 Å². The highest BCUT2D eigenvalue weighted by molar-refractivity contribution is 6.29. The third-order valence-electron chi connectivity index (χ3n) is 3.25. The predicted molar refractivity (Wildman–Crippen MR) is 79.5 cm³/mol. The molecule has 1 heterocycles. The highest BCUT2D eigenvalue weighted by atomic mass is 35.5. The lowest BCUT2D eigenvalue weighted by molar-refractivity contribution is 0.814. The van der Waals surface area contributed by atoms with E-state index in [1.807, 2.05) is 23.7 Å². The molecule has 96 valence electrons. The zero-order valence-electron chi connectivity index (χ0n) is 10.6. The molecule has 0 fully saturated rings. The standard InChI is InChI=1S/C15H14ClN3/c1-19-14(16)9-18-15(19)10-17-13-8-4-6-11-5-2-3-7-12(11)13/h2-9,17H,10H2,1H3. The molecule has 3 rings (SSSR count). The number of rotatable bonds is 3. The minimum atomic E-state index is 0.648. The van der Waals surface area contributed by atoms with Crippen LogP contribution >= 0.6 is 11.6 Å². The molecule has 0 bridgehead atoms. The predicted octanol–water partition coefficient (Wildman–Crippen LogP) is 3.84. The van der Waals surface area contributed by atoms with Crippen molar-refractivity contribution in [3.05, 3.63) is 59.6 Å². The molecule has 0 amide bonds. The number of imidazole rings is 1. The second-order valence-corrected chi connectivity index (χ2v) is 4.82. The van der Waals surface area contributed by atoms with Crippen LogP contribution in [0.1, 0.15) is 5.82 Å². The normalized spacial score (nSPS) is 10.8. The van der Waals surface area contributed by atoms with Gasteiger partial charge in [0.2, 0.25) is 0 Å². The van der Waals surface area contributed by atoms with Crippen molar-refractivity contribution in [2.24, 2.45) is 7.05 Å². The lowest BCUT2D eigenvalue weighted by Gasteiger charge is -2.09. The number of fused-ring (bicyclic) bond motifs is 1. The van der Waals surface area contributed by atoms with E-state index in [9.17, 15) is 0 Å². The fraction of sp³-hybridized carbons (Fsp3) is 0.133. The van der Waals surface area contributed by atoms with E-state index < -0.39 is 0 Å². The Morgan fingerprint density at radius 1 is 1.16 bits per heavy atom. The molecule has 0 aliphatic carbocycles. The molecule has 0 aliphatic heterocycles. The van der Waals surface area contributed by atoms with E-state index in [2.05, 4.69) is 40.6 Å². The Balaban J connectivity index is 1.88. The van der Waals surface area contributed by atoms with Gasteiger partial charge in [-0.2, -0.15) is 0 Å². The molecule has 3 aromatic rings. The quantitative estimate of drug-likeness (QED) is 0.784.